The quantitative estimate of drug-likeness (QED) is 0.810. The van der Waals surface area contributed by atoms with Crippen LogP contribution in [0.25, 0.3) is 0 Å². The summed E-state index contributed by atoms with van der Waals surface area (Å²) >= 11 is 0. The fraction of sp³-hybridized carbons (Fsp3) is 0.667. The molecule has 0 amide bonds. The summed E-state index contributed by atoms with van der Waals surface area (Å²) in [7, 11) is 0. The molecular formula is C9H17Cl2N3. The minimum atomic E-state index is 0. The Hall–Kier alpha value is -0.250. The fourth-order valence-corrected chi connectivity index (χ4v) is 1.71. The SMILES string of the molecule is Cc1ccn(C2CCNCC2)n1.Cl.Cl. The molecule has 1 fully saturated rings. The molecule has 1 aromatic rings. The molecule has 0 saturated carbocycles. The Morgan fingerprint density at radius 3 is 2.50 bits per heavy atom. The Bertz CT molecular complexity index is 256. The molecule has 82 valence electrons. The van der Waals surface area contributed by atoms with E-state index in [9.17, 15) is 0 Å². The maximum absolute atomic E-state index is 4.42. The number of aromatic nitrogens is 2. The van der Waals surface area contributed by atoms with E-state index < -0.39 is 0 Å². The van der Waals surface area contributed by atoms with Gasteiger partial charge in [0.15, 0.2) is 0 Å². The first-order valence-corrected chi connectivity index (χ1v) is 4.59. The van der Waals surface area contributed by atoms with Crippen molar-refractivity contribution in [1.29, 1.82) is 0 Å². The summed E-state index contributed by atoms with van der Waals surface area (Å²) in [4.78, 5) is 0. The van der Waals surface area contributed by atoms with Gasteiger partial charge in [-0.3, -0.25) is 4.68 Å². The smallest absolute Gasteiger partial charge is 0.0593 e. The number of aryl methyl sites for hydroxylation is 1. The van der Waals surface area contributed by atoms with Gasteiger partial charge in [0.2, 0.25) is 0 Å². The first-order valence-electron chi connectivity index (χ1n) is 4.59. The predicted molar refractivity (Wildman–Crippen MR) is 62.6 cm³/mol. The first-order chi connectivity index (χ1) is 5.86. The molecule has 5 heteroatoms. The molecule has 0 aliphatic carbocycles. The second-order valence-electron chi connectivity index (χ2n) is 3.42. The number of halogens is 2. The Balaban J connectivity index is 0.000000845. The molecule has 3 nitrogen and oxygen atoms in total. The third kappa shape index (κ3) is 3.15. The van der Waals surface area contributed by atoms with Crippen molar-refractivity contribution in [3.05, 3.63) is 18.0 Å². The van der Waals surface area contributed by atoms with Crippen molar-refractivity contribution in [2.24, 2.45) is 0 Å². The lowest BCUT2D eigenvalue weighted by Crippen LogP contribution is -2.29. The van der Waals surface area contributed by atoms with Crippen molar-refractivity contribution in [1.82, 2.24) is 15.1 Å². The van der Waals surface area contributed by atoms with Crippen molar-refractivity contribution in [3.8, 4) is 0 Å². The largest absolute Gasteiger partial charge is 0.317 e. The predicted octanol–water partition coefficient (Wildman–Crippen LogP) is 1.96. The van der Waals surface area contributed by atoms with E-state index in [4.69, 9.17) is 0 Å². The van der Waals surface area contributed by atoms with Gasteiger partial charge in [0, 0.05) is 6.20 Å². The van der Waals surface area contributed by atoms with E-state index >= 15 is 0 Å². The average Bonchev–Trinajstić information content (AvgIpc) is 2.54. The van der Waals surface area contributed by atoms with Crippen LogP contribution >= 0.6 is 24.8 Å². The van der Waals surface area contributed by atoms with Crippen LogP contribution in [0.15, 0.2) is 12.3 Å². The number of hydrogen-bond donors (Lipinski definition) is 1. The Morgan fingerprint density at radius 1 is 1.36 bits per heavy atom. The molecule has 0 radical (unpaired) electrons. The maximum Gasteiger partial charge on any atom is 0.0593 e. The fourth-order valence-electron chi connectivity index (χ4n) is 1.71. The zero-order valence-corrected chi connectivity index (χ0v) is 9.90. The zero-order valence-electron chi connectivity index (χ0n) is 8.27. The van der Waals surface area contributed by atoms with Gasteiger partial charge in [0.05, 0.1) is 11.7 Å². The minimum absolute atomic E-state index is 0. The van der Waals surface area contributed by atoms with E-state index in [1.807, 2.05) is 6.92 Å². The summed E-state index contributed by atoms with van der Waals surface area (Å²) in [6.45, 7) is 4.30. The molecule has 1 aromatic heterocycles. The van der Waals surface area contributed by atoms with Gasteiger partial charge in [0.1, 0.15) is 0 Å². The number of piperidine rings is 1. The van der Waals surface area contributed by atoms with E-state index in [1.54, 1.807) is 0 Å². The van der Waals surface area contributed by atoms with Crippen LogP contribution in [0.2, 0.25) is 0 Å². The van der Waals surface area contributed by atoms with Gasteiger partial charge >= 0.3 is 0 Å². The molecule has 0 atom stereocenters. The molecule has 0 aromatic carbocycles. The molecule has 2 heterocycles. The number of nitrogens with one attached hydrogen (secondary N) is 1. The zero-order chi connectivity index (χ0) is 8.39. The third-order valence-electron chi connectivity index (χ3n) is 2.42. The topological polar surface area (TPSA) is 29.9 Å². The van der Waals surface area contributed by atoms with Crippen LogP contribution in [-0.4, -0.2) is 22.9 Å². The molecule has 1 aliphatic rings. The van der Waals surface area contributed by atoms with Gasteiger partial charge in [-0.15, -0.1) is 24.8 Å². The summed E-state index contributed by atoms with van der Waals surface area (Å²) in [5.74, 6) is 0. The number of rotatable bonds is 1. The molecule has 1 saturated heterocycles. The lowest BCUT2D eigenvalue weighted by Gasteiger charge is -2.22. The second kappa shape index (κ2) is 6.27. The van der Waals surface area contributed by atoms with E-state index in [2.05, 4.69) is 27.4 Å². The summed E-state index contributed by atoms with van der Waals surface area (Å²) in [5, 5.41) is 7.77. The summed E-state index contributed by atoms with van der Waals surface area (Å²) in [6.07, 6.45) is 4.51. The van der Waals surface area contributed by atoms with Crippen LogP contribution in [0, 0.1) is 6.92 Å². The van der Waals surface area contributed by atoms with Crippen molar-refractivity contribution >= 4 is 24.8 Å². The van der Waals surface area contributed by atoms with Crippen LogP contribution in [0.4, 0.5) is 0 Å². The Labute approximate surface area is 97.1 Å². The van der Waals surface area contributed by atoms with Crippen LogP contribution in [0.5, 0.6) is 0 Å². The Morgan fingerprint density at radius 2 is 2.00 bits per heavy atom. The van der Waals surface area contributed by atoms with Gasteiger partial charge in [-0.05, 0) is 38.9 Å². The lowest BCUT2D eigenvalue weighted by molar-refractivity contribution is 0.342. The van der Waals surface area contributed by atoms with Crippen molar-refractivity contribution < 1.29 is 0 Å². The highest BCUT2D eigenvalue weighted by Gasteiger charge is 2.14. The molecule has 1 N–H and O–H groups in total. The van der Waals surface area contributed by atoms with Crippen molar-refractivity contribution in [2.75, 3.05) is 13.1 Å². The van der Waals surface area contributed by atoms with Crippen LogP contribution in [0.3, 0.4) is 0 Å². The number of hydrogen-bond acceptors (Lipinski definition) is 2. The highest BCUT2D eigenvalue weighted by atomic mass is 35.5. The Kier molecular flexibility index (Phi) is 6.16. The van der Waals surface area contributed by atoms with Gasteiger partial charge in [-0.25, -0.2) is 0 Å². The molecular weight excluding hydrogens is 221 g/mol. The molecule has 2 rings (SSSR count). The molecule has 0 unspecified atom stereocenters. The lowest BCUT2D eigenvalue weighted by atomic mass is 10.1. The normalized spacial score (nSPS) is 16.9. The highest BCUT2D eigenvalue weighted by Crippen LogP contribution is 2.17. The highest BCUT2D eigenvalue weighted by molar-refractivity contribution is 5.85. The van der Waals surface area contributed by atoms with E-state index in [0.29, 0.717) is 6.04 Å². The third-order valence-corrected chi connectivity index (χ3v) is 2.42. The van der Waals surface area contributed by atoms with E-state index in [1.165, 1.54) is 12.8 Å². The van der Waals surface area contributed by atoms with Crippen molar-refractivity contribution in [3.63, 3.8) is 0 Å². The van der Waals surface area contributed by atoms with Crippen LogP contribution in [0.1, 0.15) is 24.6 Å². The van der Waals surface area contributed by atoms with Crippen LogP contribution < -0.4 is 5.32 Å². The first kappa shape index (κ1) is 13.8. The minimum Gasteiger partial charge on any atom is -0.317 e. The number of nitrogens with zero attached hydrogens (tertiary/aromatic N) is 2. The van der Waals surface area contributed by atoms with Gasteiger partial charge in [-0.2, -0.15) is 5.10 Å². The maximum atomic E-state index is 4.42. The van der Waals surface area contributed by atoms with Gasteiger partial charge < -0.3 is 5.32 Å². The monoisotopic (exact) mass is 237 g/mol. The van der Waals surface area contributed by atoms with Crippen molar-refractivity contribution in [2.45, 2.75) is 25.8 Å². The molecule has 0 bridgehead atoms. The summed E-state index contributed by atoms with van der Waals surface area (Å²) in [6, 6.07) is 2.70. The van der Waals surface area contributed by atoms with Gasteiger partial charge in [-0.1, -0.05) is 0 Å². The average molecular weight is 238 g/mol. The summed E-state index contributed by atoms with van der Waals surface area (Å²) < 4.78 is 2.11. The van der Waals surface area contributed by atoms with E-state index in [-0.39, 0.29) is 24.8 Å². The molecule has 1 aliphatic heterocycles. The second-order valence-corrected chi connectivity index (χ2v) is 3.42. The van der Waals surface area contributed by atoms with E-state index in [0.717, 1.165) is 18.8 Å². The molecule has 14 heavy (non-hydrogen) atoms. The van der Waals surface area contributed by atoms with Crippen LogP contribution in [-0.2, 0) is 0 Å². The van der Waals surface area contributed by atoms with Gasteiger partial charge in [0.25, 0.3) is 0 Å². The summed E-state index contributed by atoms with van der Waals surface area (Å²) in [5.41, 5.74) is 1.12. The molecule has 0 spiro atoms. The standard InChI is InChI=1S/C9H15N3.2ClH/c1-8-4-7-12(11-8)9-2-5-10-6-3-9;;/h4,7,9-10H,2-3,5-6H2,1H3;2*1H.